The number of aromatic nitrogens is 2. The molecule has 2 N–H and O–H groups in total. The molecule has 0 atom stereocenters. The van der Waals surface area contributed by atoms with Crippen LogP contribution in [0, 0.1) is 0 Å². The minimum Gasteiger partial charge on any atom is -0.361 e. The first kappa shape index (κ1) is 17.4. The maximum atomic E-state index is 12.8. The molecule has 2 aromatic carbocycles. The van der Waals surface area contributed by atoms with Crippen molar-refractivity contribution < 1.29 is 13.2 Å². The van der Waals surface area contributed by atoms with Gasteiger partial charge in [-0.25, -0.2) is 12.4 Å². The van der Waals surface area contributed by atoms with E-state index < -0.39 is 15.9 Å². The molecule has 0 saturated heterocycles. The average molecular weight is 400 g/mol. The molecule has 1 amide bonds. The van der Waals surface area contributed by atoms with Gasteiger partial charge in [0.1, 0.15) is 0 Å². The van der Waals surface area contributed by atoms with Gasteiger partial charge in [-0.15, -0.1) is 0 Å². The number of benzene rings is 2. The molecule has 0 aliphatic rings. The molecule has 0 spiro atoms. The molecular weight excluding hydrogens is 386 g/mol. The van der Waals surface area contributed by atoms with Crippen LogP contribution in [0.1, 0.15) is 10.4 Å². The van der Waals surface area contributed by atoms with Gasteiger partial charge in [0.15, 0.2) is 0 Å². The highest BCUT2D eigenvalue weighted by atomic mass is 35.5. The molecule has 0 saturated carbocycles. The van der Waals surface area contributed by atoms with Crippen LogP contribution in [0.15, 0.2) is 78.1 Å². The van der Waals surface area contributed by atoms with Crippen molar-refractivity contribution >= 4 is 44.1 Å². The predicted molar refractivity (Wildman–Crippen MR) is 105 cm³/mol. The van der Waals surface area contributed by atoms with Crippen LogP contribution in [-0.2, 0) is 10.0 Å². The number of carbonyl (C=O) groups is 1. The third kappa shape index (κ3) is 3.34. The van der Waals surface area contributed by atoms with Crippen molar-refractivity contribution in [3.05, 3.63) is 83.8 Å². The highest BCUT2D eigenvalue weighted by molar-refractivity contribution is 7.90. The molecule has 2 aromatic heterocycles. The van der Waals surface area contributed by atoms with E-state index in [-0.39, 0.29) is 10.5 Å². The maximum absolute atomic E-state index is 12.8. The topological polar surface area (TPSA) is 84.0 Å². The van der Waals surface area contributed by atoms with Crippen LogP contribution in [-0.4, -0.2) is 23.3 Å². The van der Waals surface area contributed by atoms with E-state index >= 15 is 0 Å². The van der Waals surface area contributed by atoms with E-state index in [1.54, 1.807) is 48.7 Å². The van der Waals surface area contributed by atoms with Crippen LogP contribution in [0.5, 0.6) is 0 Å². The van der Waals surface area contributed by atoms with E-state index in [1.165, 1.54) is 24.5 Å². The number of hydrogen-bond acceptors (Lipinski definition) is 3. The molecule has 0 bridgehead atoms. The van der Waals surface area contributed by atoms with Crippen LogP contribution < -0.4 is 5.32 Å². The number of anilines is 1. The molecule has 0 fully saturated rings. The lowest BCUT2D eigenvalue weighted by atomic mass is 10.2. The zero-order chi connectivity index (χ0) is 19.0. The fraction of sp³-hybridized carbons (Fsp3) is 0. The van der Waals surface area contributed by atoms with Crippen molar-refractivity contribution in [2.45, 2.75) is 4.90 Å². The maximum Gasteiger partial charge on any atom is 0.267 e. The van der Waals surface area contributed by atoms with Gasteiger partial charge < -0.3 is 10.3 Å². The Morgan fingerprint density at radius 3 is 2.59 bits per heavy atom. The second kappa shape index (κ2) is 6.61. The third-order valence-corrected chi connectivity index (χ3v) is 6.02. The number of halogens is 1. The van der Waals surface area contributed by atoms with Gasteiger partial charge in [-0.1, -0.05) is 11.6 Å². The first-order chi connectivity index (χ1) is 12.9. The zero-order valence-corrected chi connectivity index (χ0v) is 15.5. The van der Waals surface area contributed by atoms with Crippen molar-refractivity contribution in [3.8, 4) is 0 Å². The summed E-state index contributed by atoms with van der Waals surface area (Å²) in [6.45, 7) is 0. The molecule has 8 heteroatoms. The number of amides is 1. The normalized spacial score (nSPS) is 11.6. The SMILES string of the molecule is O=C(Nc1ccc(Cl)cc1)c1ccn(S(=O)(=O)c2ccc3[nH]ccc3c2)c1. The molecule has 6 nitrogen and oxygen atoms in total. The van der Waals surface area contributed by atoms with Gasteiger partial charge >= 0.3 is 0 Å². The van der Waals surface area contributed by atoms with Crippen molar-refractivity contribution in [2.24, 2.45) is 0 Å². The summed E-state index contributed by atoms with van der Waals surface area (Å²) in [4.78, 5) is 15.5. The van der Waals surface area contributed by atoms with Gasteiger partial charge in [0.2, 0.25) is 0 Å². The number of hydrogen-bond donors (Lipinski definition) is 2. The number of nitrogens with one attached hydrogen (secondary N) is 2. The van der Waals surface area contributed by atoms with Crippen LogP contribution in [0.3, 0.4) is 0 Å². The summed E-state index contributed by atoms with van der Waals surface area (Å²) in [5.74, 6) is -0.410. The van der Waals surface area contributed by atoms with Gasteiger partial charge in [0, 0.05) is 40.2 Å². The Balaban J connectivity index is 1.60. The predicted octanol–water partition coefficient (Wildman–Crippen LogP) is 4.11. The lowest BCUT2D eigenvalue weighted by molar-refractivity contribution is 0.102. The number of nitrogens with zero attached hydrogens (tertiary/aromatic N) is 1. The summed E-state index contributed by atoms with van der Waals surface area (Å²) in [7, 11) is -3.79. The number of aromatic amines is 1. The van der Waals surface area contributed by atoms with E-state index in [0.717, 1.165) is 14.9 Å². The minimum atomic E-state index is -3.79. The Morgan fingerprint density at radius 2 is 1.81 bits per heavy atom. The van der Waals surface area contributed by atoms with Crippen molar-refractivity contribution in [1.29, 1.82) is 0 Å². The van der Waals surface area contributed by atoms with Gasteiger partial charge in [-0.2, -0.15) is 0 Å². The number of rotatable bonds is 4. The second-order valence-corrected chi connectivity index (χ2v) is 8.20. The summed E-state index contributed by atoms with van der Waals surface area (Å²) < 4.78 is 26.7. The summed E-state index contributed by atoms with van der Waals surface area (Å²) in [5, 5.41) is 4.06. The van der Waals surface area contributed by atoms with Gasteiger partial charge in [-0.05, 0) is 54.6 Å². The number of fused-ring (bicyclic) bond motifs is 1. The average Bonchev–Trinajstić information content (AvgIpc) is 3.32. The van der Waals surface area contributed by atoms with Gasteiger partial charge in [-0.3, -0.25) is 4.79 Å². The first-order valence-electron chi connectivity index (χ1n) is 8.01. The fourth-order valence-corrected chi connectivity index (χ4v) is 4.07. The quantitative estimate of drug-likeness (QED) is 0.541. The van der Waals surface area contributed by atoms with E-state index in [0.29, 0.717) is 10.7 Å². The summed E-state index contributed by atoms with van der Waals surface area (Å²) in [6.07, 6.45) is 4.39. The fourth-order valence-electron chi connectivity index (χ4n) is 2.71. The summed E-state index contributed by atoms with van der Waals surface area (Å²) in [5.41, 5.74) is 1.65. The Morgan fingerprint density at radius 1 is 1.04 bits per heavy atom. The summed E-state index contributed by atoms with van der Waals surface area (Å²) in [6, 6.07) is 14.7. The summed E-state index contributed by atoms with van der Waals surface area (Å²) >= 11 is 5.82. The highest BCUT2D eigenvalue weighted by Gasteiger charge is 2.19. The Hall–Kier alpha value is -3.03. The van der Waals surface area contributed by atoms with E-state index in [9.17, 15) is 13.2 Å². The Kier molecular flexibility index (Phi) is 4.25. The standard InChI is InChI=1S/C19H14ClN3O3S/c20-15-1-3-16(4-2-15)22-19(24)14-8-10-23(12-14)27(25,26)17-5-6-18-13(11-17)7-9-21-18/h1-12,21H,(H,22,24). The smallest absolute Gasteiger partial charge is 0.267 e. The molecule has 27 heavy (non-hydrogen) atoms. The molecule has 2 heterocycles. The number of H-pyrrole nitrogens is 1. The van der Waals surface area contributed by atoms with Crippen LogP contribution in [0.4, 0.5) is 5.69 Å². The van der Waals surface area contributed by atoms with Crippen molar-refractivity contribution in [1.82, 2.24) is 8.96 Å². The molecule has 0 aliphatic heterocycles. The second-order valence-electron chi connectivity index (χ2n) is 5.92. The Labute approximate surface area is 160 Å². The van der Waals surface area contributed by atoms with Gasteiger partial charge in [0.25, 0.3) is 15.9 Å². The molecule has 4 aromatic rings. The molecule has 4 rings (SSSR count). The van der Waals surface area contributed by atoms with E-state index in [4.69, 9.17) is 11.6 Å². The van der Waals surface area contributed by atoms with Crippen LogP contribution in [0.25, 0.3) is 10.9 Å². The molecule has 0 aliphatic carbocycles. The lowest BCUT2D eigenvalue weighted by Gasteiger charge is -2.06. The van der Waals surface area contributed by atoms with Crippen molar-refractivity contribution in [3.63, 3.8) is 0 Å². The van der Waals surface area contributed by atoms with Gasteiger partial charge in [0.05, 0.1) is 10.5 Å². The lowest BCUT2D eigenvalue weighted by Crippen LogP contribution is -2.13. The van der Waals surface area contributed by atoms with Crippen molar-refractivity contribution in [2.75, 3.05) is 5.32 Å². The first-order valence-corrected chi connectivity index (χ1v) is 9.83. The Bertz CT molecular complexity index is 1240. The molecule has 0 radical (unpaired) electrons. The number of carbonyl (C=O) groups excluding carboxylic acids is 1. The molecular formula is C19H14ClN3O3S. The highest BCUT2D eigenvalue weighted by Crippen LogP contribution is 2.21. The third-order valence-electron chi connectivity index (χ3n) is 4.13. The van der Waals surface area contributed by atoms with Crippen LogP contribution >= 0.6 is 11.6 Å². The van der Waals surface area contributed by atoms with E-state index in [2.05, 4.69) is 10.3 Å². The minimum absolute atomic E-state index is 0.148. The largest absolute Gasteiger partial charge is 0.361 e. The van der Waals surface area contributed by atoms with E-state index in [1.807, 2.05) is 0 Å². The monoisotopic (exact) mass is 399 g/mol. The molecule has 136 valence electrons. The van der Waals surface area contributed by atoms with Crippen LogP contribution in [0.2, 0.25) is 5.02 Å². The zero-order valence-electron chi connectivity index (χ0n) is 13.9. The molecule has 0 unspecified atom stereocenters.